The fourth-order valence-corrected chi connectivity index (χ4v) is 5.28. The van der Waals surface area contributed by atoms with Crippen LogP contribution in [0.25, 0.3) is 0 Å². The third-order valence-corrected chi connectivity index (χ3v) is 7.19. The average molecular weight is 490 g/mol. The lowest BCUT2D eigenvalue weighted by atomic mass is 10.0. The topological polar surface area (TPSA) is 71.0 Å². The van der Waals surface area contributed by atoms with E-state index in [1.807, 2.05) is 24.3 Å². The Morgan fingerprint density at radius 2 is 1.78 bits per heavy atom. The molecule has 3 aromatic rings. The SMILES string of the molecule is COc1ccc(C2CC=NN2C(NS(=O)(=O)c2ccccc2)c2ccc(Cl)cc2Cl)cc1. The van der Waals surface area contributed by atoms with Crippen LogP contribution in [0.1, 0.15) is 29.8 Å². The van der Waals surface area contributed by atoms with Gasteiger partial charge < -0.3 is 4.74 Å². The van der Waals surface area contributed by atoms with Gasteiger partial charge >= 0.3 is 0 Å². The minimum absolute atomic E-state index is 0.152. The molecule has 0 aliphatic carbocycles. The lowest BCUT2D eigenvalue weighted by Gasteiger charge is -2.33. The quantitative estimate of drug-likeness (QED) is 0.481. The van der Waals surface area contributed by atoms with Gasteiger partial charge in [0.15, 0.2) is 0 Å². The number of hydrogen-bond donors (Lipinski definition) is 1. The molecule has 0 saturated heterocycles. The van der Waals surface area contributed by atoms with Crippen molar-refractivity contribution in [3.05, 3.63) is 94.0 Å². The van der Waals surface area contributed by atoms with Crippen molar-refractivity contribution in [2.24, 2.45) is 5.10 Å². The van der Waals surface area contributed by atoms with Crippen LogP contribution in [0, 0.1) is 0 Å². The van der Waals surface area contributed by atoms with E-state index in [1.54, 1.807) is 54.7 Å². The van der Waals surface area contributed by atoms with Crippen molar-refractivity contribution in [2.45, 2.75) is 23.5 Å². The summed E-state index contributed by atoms with van der Waals surface area (Å²) in [4.78, 5) is 0.152. The van der Waals surface area contributed by atoms with Crippen molar-refractivity contribution in [1.82, 2.24) is 9.73 Å². The van der Waals surface area contributed by atoms with Gasteiger partial charge in [0.25, 0.3) is 0 Å². The predicted molar refractivity (Wildman–Crippen MR) is 127 cm³/mol. The molecule has 6 nitrogen and oxygen atoms in total. The van der Waals surface area contributed by atoms with Crippen molar-refractivity contribution in [3.63, 3.8) is 0 Å². The Kier molecular flexibility index (Phi) is 6.71. The van der Waals surface area contributed by atoms with Gasteiger partial charge in [-0.1, -0.05) is 59.6 Å². The van der Waals surface area contributed by atoms with E-state index in [0.29, 0.717) is 22.0 Å². The zero-order chi connectivity index (χ0) is 22.7. The molecular weight excluding hydrogens is 469 g/mol. The Labute approximate surface area is 197 Å². The molecule has 1 aliphatic rings. The van der Waals surface area contributed by atoms with Gasteiger partial charge in [0.2, 0.25) is 10.0 Å². The summed E-state index contributed by atoms with van der Waals surface area (Å²) in [6, 6.07) is 20.6. The average Bonchev–Trinajstić information content (AvgIpc) is 3.28. The van der Waals surface area contributed by atoms with E-state index in [4.69, 9.17) is 27.9 Å². The standard InChI is InChI=1S/C23H21Cl2N3O3S/c1-31-18-10-7-16(8-11-18)22-13-14-26-28(22)23(20-12-9-17(24)15-21(20)25)27-32(29,30)19-5-3-2-4-6-19/h2-12,14-15,22-23,27H,13H2,1H3. The Morgan fingerprint density at radius 1 is 1.06 bits per heavy atom. The third kappa shape index (κ3) is 4.76. The molecule has 32 heavy (non-hydrogen) atoms. The van der Waals surface area contributed by atoms with Crippen molar-refractivity contribution < 1.29 is 13.2 Å². The highest BCUT2D eigenvalue weighted by Crippen LogP contribution is 2.38. The highest BCUT2D eigenvalue weighted by molar-refractivity contribution is 7.89. The van der Waals surface area contributed by atoms with Crippen LogP contribution < -0.4 is 9.46 Å². The Balaban J connectivity index is 1.75. The minimum atomic E-state index is -3.87. The second kappa shape index (κ2) is 9.50. The van der Waals surface area contributed by atoms with Crippen molar-refractivity contribution >= 4 is 39.4 Å². The summed E-state index contributed by atoms with van der Waals surface area (Å²) in [5.74, 6) is 0.737. The molecule has 0 aromatic heterocycles. The van der Waals surface area contributed by atoms with E-state index >= 15 is 0 Å². The molecule has 2 atom stereocenters. The second-order valence-corrected chi connectivity index (χ2v) is 9.76. The van der Waals surface area contributed by atoms with Crippen molar-refractivity contribution in [2.75, 3.05) is 7.11 Å². The summed E-state index contributed by atoms with van der Waals surface area (Å²) in [6.07, 6.45) is 1.53. The molecule has 2 unspecified atom stereocenters. The summed E-state index contributed by atoms with van der Waals surface area (Å²) in [7, 11) is -2.26. The number of sulfonamides is 1. The molecule has 0 saturated carbocycles. The van der Waals surface area contributed by atoms with E-state index in [-0.39, 0.29) is 10.9 Å². The van der Waals surface area contributed by atoms with Crippen LogP contribution in [0.2, 0.25) is 10.0 Å². The second-order valence-electron chi connectivity index (χ2n) is 7.21. The van der Waals surface area contributed by atoms with Crippen LogP contribution in [-0.4, -0.2) is 26.8 Å². The van der Waals surface area contributed by atoms with Gasteiger partial charge in [0, 0.05) is 28.2 Å². The highest BCUT2D eigenvalue weighted by Gasteiger charge is 2.34. The Bertz CT molecular complexity index is 1220. The number of ether oxygens (including phenoxy) is 1. The van der Waals surface area contributed by atoms with Crippen LogP contribution in [0.5, 0.6) is 5.75 Å². The molecule has 0 spiro atoms. The van der Waals surface area contributed by atoms with Crippen LogP contribution in [0.15, 0.2) is 82.8 Å². The largest absolute Gasteiger partial charge is 0.497 e. The molecule has 166 valence electrons. The number of halogens is 2. The van der Waals surface area contributed by atoms with Gasteiger partial charge in [-0.25, -0.2) is 8.42 Å². The monoisotopic (exact) mass is 489 g/mol. The molecule has 0 fully saturated rings. The smallest absolute Gasteiger partial charge is 0.242 e. The van der Waals surface area contributed by atoms with Gasteiger partial charge in [-0.15, -0.1) is 0 Å². The van der Waals surface area contributed by atoms with Gasteiger partial charge in [0.1, 0.15) is 11.9 Å². The van der Waals surface area contributed by atoms with Crippen LogP contribution in [0.3, 0.4) is 0 Å². The molecule has 0 amide bonds. The van der Waals surface area contributed by atoms with Gasteiger partial charge in [-0.05, 0) is 42.0 Å². The first-order chi connectivity index (χ1) is 15.4. The van der Waals surface area contributed by atoms with Gasteiger partial charge in [-0.2, -0.15) is 9.82 Å². The summed E-state index contributed by atoms with van der Waals surface area (Å²) in [6.45, 7) is 0. The zero-order valence-electron chi connectivity index (χ0n) is 17.2. The van der Waals surface area contributed by atoms with E-state index in [0.717, 1.165) is 11.3 Å². The number of nitrogens with one attached hydrogen (secondary N) is 1. The maximum Gasteiger partial charge on any atom is 0.242 e. The van der Waals surface area contributed by atoms with E-state index < -0.39 is 16.2 Å². The Hall–Kier alpha value is -2.58. The number of nitrogens with zero attached hydrogens (tertiary/aromatic N) is 2. The van der Waals surface area contributed by atoms with E-state index in [2.05, 4.69) is 9.82 Å². The first-order valence-corrected chi connectivity index (χ1v) is 12.1. The van der Waals surface area contributed by atoms with Crippen LogP contribution in [0.4, 0.5) is 0 Å². The normalized spacial score (nSPS) is 16.8. The fraction of sp³-hybridized carbons (Fsp3) is 0.174. The molecule has 4 rings (SSSR count). The number of hydrazone groups is 1. The van der Waals surface area contributed by atoms with Gasteiger partial charge in [0.05, 0.1) is 18.0 Å². The van der Waals surface area contributed by atoms with Crippen LogP contribution >= 0.6 is 23.2 Å². The molecule has 9 heteroatoms. The minimum Gasteiger partial charge on any atom is -0.497 e. The first kappa shape index (κ1) is 22.6. The molecule has 1 aliphatic heterocycles. The maximum absolute atomic E-state index is 13.2. The summed E-state index contributed by atoms with van der Waals surface area (Å²) in [5.41, 5.74) is 1.52. The number of methoxy groups -OCH3 is 1. The van der Waals surface area contributed by atoms with Gasteiger partial charge in [-0.3, -0.25) is 5.01 Å². The number of hydrogen-bond acceptors (Lipinski definition) is 5. The molecule has 3 aromatic carbocycles. The van der Waals surface area contributed by atoms with E-state index in [1.165, 1.54) is 12.1 Å². The zero-order valence-corrected chi connectivity index (χ0v) is 19.5. The lowest BCUT2D eigenvalue weighted by Crippen LogP contribution is -2.39. The summed E-state index contributed by atoms with van der Waals surface area (Å²) < 4.78 is 34.4. The summed E-state index contributed by atoms with van der Waals surface area (Å²) >= 11 is 12.6. The summed E-state index contributed by atoms with van der Waals surface area (Å²) in [5, 5.41) is 7.03. The fourth-order valence-electron chi connectivity index (χ4n) is 3.59. The molecule has 1 N–H and O–H groups in total. The van der Waals surface area contributed by atoms with Crippen LogP contribution in [-0.2, 0) is 10.0 Å². The predicted octanol–water partition coefficient (Wildman–Crippen LogP) is 5.41. The van der Waals surface area contributed by atoms with Crippen molar-refractivity contribution in [1.29, 1.82) is 0 Å². The maximum atomic E-state index is 13.2. The lowest BCUT2D eigenvalue weighted by molar-refractivity contribution is 0.151. The Morgan fingerprint density at radius 3 is 2.44 bits per heavy atom. The number of benzene rings is 3. The number of rotatable bonds is 7. The highest BCUT2D eigenvalue weighted by atomic mass is 35.5. The first-order valence-electron chi connectivity index (χ1n) is 9.86. The third-order valence-electron chi connectivity index (χ3n) is 5.21. The molecule has 0 radical (unpaired) electrons. The molecular formula is C23H21Cl2N3O3S. The van der Waals surface area contributed by atoms with Crippen molar-refractivity contribution in [3.8, 4) is 5.75 Å². The molecule has 1 heterocycles. The molecule has 0 bridgehead atoms. The van der Waals surface area contributed by atoms with E-state index in [9.17, 15) is 8.42 Å².